The summed E-state index contributed by atoms with van der Waals surface area (Å²) in [6, 6.07) is 10.5. The Kier molecular flexibility index (Phi) is 7.05. The van der Waals surface area contributed by atoms with Gasteiger partial charge in [0.2, 0.25) is 0 Å². The van der Waals surface area contributed by atoms with E-state index in [4.69, 9.17) is 0 Å². The third-order valence-electron chi connectivity index (χ3n) is 5.35. The Balaban J connectivity index is 0.00000240. The van der Waals surface area contributed by atoms with Crippen molar-refractivity contribution < 1.29 is 4.79 Å². The fourth-order valence-corrected chi connectivity index (χ4v) is 4.59. The summed E-state index contributed by atoms with van der Waals surface area (Å²) in [5, 5.41) is 11.4. The lowest BCUT2D eigenvalue weighted by Crippen LogP contribution is -2.52. The number of carbonyl (C=O) groups excluding carboxylic acids is 1. The molecule has 3 heterocycles. The van der Waals surface area contributed by atoms with E-state index < -0.39 is 5.54 Å². The summed E-state index contributed by atoms with van der Waals surface area (Å²) in [6.45, 7) is 3.75. The zero-order chi connectivity index (χ0) is 19.4. The van der Waals surface area contributed by atoms with Crippen LogP contribution in [0.4, 0.5) is 5.13 Å². The number of hydrogen-bond acceptors (Lipinski definition) is 5. The molecule has 6 nitrogen and oxygen atoms in total. The summed E-state index contributed by atoms with van der Waals surface area (Å²) in [5.74, 6) is -0.0356. The van der Waals surface area contributed by atoms with Crippen LogP contribution in [0.15, 0.2) is 48.9 Å². The number of benzene rings is 1. The number of halogens is 1. The van der Waals surface area contributed by atoms with Crippen molar-refractivity contribution >= 4 is 34.8 Å². The van der Waals surface area contributed by atoms with E-state index in [0.717, 1.165) is 30.8 Å². The highest BCUT2D eigenvalue weighted by molar-refractivity contribution is 7.15. The normalized spacial score (nSPS) is 15.5. The monoisotopic (exact) mass is 431 g/mol. The average Bonchev–Trinajstić information content (AvgIpc) is 3.41. The fourth-order valence-electron chi connectivity index (χ4n) is 3.74. The van der Waals surface area contributed by atoms with E-state index in [-0.39, 0.29) is 18.3 Å². The number of hydrogen-bond donors (Lipinski definition) is 2. The van der Waals surface area contributed by atoms with Gasteiger partial charge in [0.15, 0.2) is 5.13 Å². The van der Waals surface area contributed by atoms with Crippen molar-refractivity contribution in [2.75, 3.05) is 18.4 Å². The minimum absolute atomic E-state index is 0. The van der Waals surface area contributed by atoms with Crippen LogP contribution in [0.25, 0.3) is 0 Å². The van der Waals surface area contributed by atoms with E-state index in [1.165, 1.54) is 11.1 Å². The molecular formula is C21H26ClN5OS. The molecule has 0 saturated carbocycles. The molecule has 0 spiro atoms. The molecule has 0 unspecified atom stereocenters. The predicted octanol–water partition coefficient (Wildman–Crippen LogP) is 3.63. The summed E-state index contributed by atoms with van der Waals surface area (Å²) >= 11 is 1.54. The fraction of sp³-hybridized carbons (Fsp3) is 0.381. The van der Waals surface area contributed by atoms with Crippen molar-refractivity contribution in [1.82, 2.24) is 20.1 Å². The first-order chi connectivity index (χ1) is 13.7. The Morgan fingerprint density at radius 3 is 2.79 bits per heavy atom. The first-order valence-corrected chi connectivity index (χ1v) is 10.6. The van der Waals surface area contributed by atoms with Crippen LogP contribution in [0.3, 0.4) is 0 Å². The van der Waals surface area contributed by atoms with Gasteiger partial charge in [-0.15, -0.1) is 23.7 Å². The highest BCUT2D eigenvalue weighted by Crippen LogP contribution is 2.30. The zero-order valence-corrected chi connectivity index (χ0v) is 18.1. The van der Waals surface area contributed by atoms with Gasteiger partial charge in [0.05, 0.1) is 0 Å². The summed E-state index contributed by atoms with van der Waals surface area (Å²) in [4.78, 5) is 18.8. The van der Waals surface area contributed by atoms with Gasteiger partial charge in [0, 0.05) is 29.9 Å². The highest BCUT2D eigenvalue weighted by atomic mass is 35.5. The van der Waals surface area contributed by atoms with Gasteiger partial charge in [-0.2, -0.15) is 5.10 Å². The van der Waals surface area contributed by atoms with Gasteiger partial charge < -0.3 is 5.32 Å². The number of thiazole rings is 1. The van der Waals surface area contributed by atoms with E-state index in [2.05, 4.69) is 51.9 Å². The average molecular weight is 432 g/mol. The van der Waals surface area contributed by atoms with Crippen molar-refractivity contribution in [2.24, 2.45) is 0 Å². The largest absolute Gasteiger partial charge is 0.317 e. The van der Waals surface area contributed by atoms with Crippen LogP contribution in [0.5, 0.6) is 0 Å². The maximum atomic E-state index is 13.2. The molecule has 1 saturated heterocycles. The maximum absolute atomic E-state index is 13.2. The molecule has 0 radical (unpaired) electrons. The highest BCUT2D eigenvalue weighted by Gasteiger charge is 2.42. The number of aryl methyl sites for hydroxylation is 1. The topological polar surface area (TPSA) is 71.8 Å². The van der Waals surface area contributed by atoms with Crippen molar-refractivity contribution in [1.29, 1.82) is 0 Å². The second kappa shape index (κ2) is 9.52. The lowest BCUT2D eigenvalue weighted by Gasteiger charge is -2.36. The lowest BCUT2D eigenvalue weighted by atomic mass is 9.87. The second-order valence-corrected chi connectivity index (χ2v) is 8.28. The van der Waals surface area contributed by atoms with E-state index in [9.17, 15) is 4.79 Å². The molecule has 1 fully saturated rings. The molecule has 2 N–H and O–H groups in total. The lowest BCUT2D eigenvalue weighted by molar-refractivity contribution is -0.126. The molecule has 1 aliphatic heterocycles. The Bertz CT molecular complexity index is 934. The van der Waals surface area contributed by atoms with Crippen molar-refractivity contribution in [3.8, 4) is 0 Å². The number of nitrogens with one attached hydrogen (secondary N) is 2. The molecule has 1 amide bonds. The van der Waals surface area contributed by atoms with Gasteiger partial charge >= 0.3 is 0 Å². The molecule has 2 aromatic heterocycles. The van der Waals surface area contributed by atoms with Gasteiger partial charge in [-0.25, -0.2) is 4.98 Å². The SMILES string of the molecule is CCc1cccc(Cc2cnc(NC(=O)C3(n4cccn4)CCNCC3)s2)c1.Cl. The minimum atomic E-state index is -0.657. The summed E-state index contributed by atoms with van der Waals surface area (Å²) < 4.78 is 1.80. The Hall–Kier alpha value is -2.22. The second-order valence-electron chi connectivity index (χ2n) is 7.17. The number of aromatic nitrogens is 3. The number of anilines is 1. The Labute approximate surface area is 181 Å². The Morgan fingerprint density at radius 2 is 2.07 bits per heavy atom. The molecule has 29 heavy (non-hydrogen) atoms. The third kappa shape index (κ3) is 4.69. The van der Waals surface area contributed by atoms with Crippen molar-refractivity contribution in [3.63, 3.8) is 0 Å². The predicted molar refractivity (Wildman–Crippen MR) is 119 cm³/mol. The molecule has 8 heteroatoms. The smallest absolute Gasteiger partial charge is 0.254 e. The van der Waals surface area contributed by atoms with Crippen LogP contribution < -0.4 is 10.6 Å². The molecule has 3 aromatic rings. The van der Waals surface area contributed by atoms with E-state index in [1.807, 2.05) is 18.5 Å². The molecule has 1 aromatic carbocycles. The number of rotatable bonds is 6. The molecule has 0 bridgehead atoms. The van der Waals surface area contributed by atoms with Crippen LogP contribution in [-0.4, -0.2) is 33.8 Å². The molecule has 1 aliphatic rings. The first kappa shape index (κ1) is 21.5. The quantitative estimate of drug-likeness (QED) is 0.625. The molecule has 0 atom stereocenters. The van der Waals surface area contributed by atoms with E-state index >= 15 is 0 Å². The van der Waals surface area contributed by atoms with Gasteiger partial charge in [0.25, 0.3) is 5.91 Å². The van der Waals surface area contributed by atoms with Gasteiger partial charge in [-0.1, -0.05) is 31.2 Å². The van der Waals surface area contributed by atoms with Gasteiger partial charge in [-0.05, 0) is 49.5 Å². The van der Waals surface area contributed by atoms with Crippen LogP contribution in [-0.2, 0) is 23.2 Å². The molecule has 0 aliphatic carbocycles. The third-order valence-corrected chi connectivity index (χ3v) is 6.26. The number of nitrogens with zero attached hydrogens (tertiary/aromatic N) is 3. The van der Waals surface area contributed by atoms with E-state index in [0.29, 0.717) is 18.0 Å². The number of amides is 1. The van der Waals surface area contributed by atoms with Crippen molar-refractivity contribution in [3.05, 3.63) is 64.9 Å². The summed E-state index contributed by atoms with van der Waals surface area (Å²) in [5.41, 5.74) is 1.95. The molecule has 154 valence electrons. The van der Waals surface area contributed by atoms with Crippen molar-refractivity contribution in [2.45, 2.75) is 38.1 Å². The maximum Gasteiger partial charge on any atom is 0.254 e. The number of piperidine rings is 1. The number of carbonyl (C=O) groups is 1. The van der Waals surface area contributed by atoms with Crippen LogP contribution >= 0.6 is 23.7 Å². The van der Waals surface area contributed by atoms with Gasteiger partial charge in [0.1, 0.15) is 5.54 Å². The first-order valence-electron chi connectivity index (χ1n) is 9.74. The summed E-state index contributed by atoms with van der Waals surface area (Å²) in [6.07, 6.45) is 8.74. The Morgan fingerprint density at radius 1 is 1.28 bits per heavy atom. The van der Waals surface area contributed by atoms with Crippen LogP contribution in [0, 0.1) is 0 Å². The summed E-state index contributed by atoms with van der Waals surface area (Å²) in [7, 11) is 0. The zero-order valence-electron chi connectivity index (χ0n) is 16.4. The van der Waals surface area contributed by atoms with Gasteiger partial charge in [-0.3, -0.25) is 14.8 Å². The minimum Gasteiger partial charge on any atom is -0.317 e. The van der Waals surface area contributed by atoms with E-state index in [1.54, 1.807) is 22.2 Å². The molecular weight excluding hydrogens is 406 g/mol. The van der Waals surface area contributed by atoms with Crippen LogP contribution in [0.2, 0.25) is 0 Å². The molecule has 4 rings (SSSR count). The van der Waals surface area contributed by atoms with Crippen LogP contribution in [0.1, 0.15) is 35.8 Å². The standard InChI is InChI=1S/C21H25N5OS.ClH/c1-2-16-5-3-6-17(13-16)14-18-15-23-20(28-18)25-19(27)21(7-10-22-11-8-21)26-12-4-9-24-26;/h3-6,9,12-13,15,22H,2,7-8,10-11,14H2,1H3,(H,23,25,27);1H.